The lowest BCUT2D eigenvalue weighted by molar-refractivity contribution is 0.287. The summed E-state index contributed by atoms with van der Waals surface area (Å²) in [5.41, 5.74) is 6.86. The monoisotopic (exact) mass is 453 g/mol. The highest BCUT2D eigenvalue weighted by Gasteiger charge is 2.27. The minimum Gasteiger partial charge on any atom is -0.493 e. The van der Waals surface area contributed by atoms with E-state index < -0.39 is 0 Å². The second-order valence-corrected chi connectivity index (χ2v) is 8.56. The van der Waals surface area contributed by atoms with Crippen molar-refractivity contribution in [2.75, 3.05) is 45.7 Å². The fourth-order valence-electron chi connectivity index (χ4n) is 3.99. The maximum atomic E-state index is 6.10. The third-order valence-corrected chi connectivity index (χ3v) is 5.80. The number of hydrogen-bond acceptors (Lipinski definition) is 6. The van der Waals surface area contributed by atoms with E-state index in [1.165, 1.54) is 29.5 Å². The van der Waals surface area contributed by atoms with Crippen molar-refractivity contribution in [3.8, 4) is 22.8 Å². The molecule has 1 aliphatic carbocycles. The van der Waals surface area contributed by atoms with Gasteiger partial charge in [0, 0.05) is 23.2 Å². The van der Waals surface area contributed by atoms with Crippen LogP contribution in [0.4, 0.5) is 5.82 Å². The highest BCUT2D eigenvalue weighted by atomic mass is 16.5. The van der Waals surface area contributed by atoms with E-state index in [1.54, 1.807) is 7.11 Å². The number of benzene rings is 1. The second kappa shape index (κ2) is 12.5. The predicted molar refractivity (Wildman–Crippen MR) is 136 cm³/mol. The van der Waals surface area contributed by atoms with Gasteiger partial charge in [-0.15, -0.1) is 0 Å². The Bertz CT molecular complexity index is 973. The van der Waals surface area contributed by atoms with Crippen LogP contribution in [0.1, 0.15) is 51.2 Å². The minimum absolute atomic E-state index is 0.658. The molecule has 7 heteroatoms. The molecule has 3 rings (SSSR count). The first kappa shape index (κ1) is 24.9. The van der Waals surface area contributed by atoms with Gasteiger partial charge in [-0.25, -0.2) is 0 Å². The normalized spacial score (nSPS) is 12.0. The molecule has 1 aromatic heterocycles. The number of methoxy groups -OCH3 is 1. The van der Waals surface area contributed by atoms with Gasteiger partial charge < -0.3 is 25.4 Å². The van der Waals surface area contributed by atoms with Crippen LogP contribution >= 0.6 is 0 Å². The fraction of sp³-hybridized carbons (Fsp3) is 0.500. The van der Waals surface area contributed by atoms with Crippen LogP contribution < -0.4 is 25.4 Å². The zero-order chi connectivity index (χ0) is 23.6. The van der Waals surface area contributed by atoms with Gasteiger partial charge in [0.05, 0.1) is 19.4 Å². The molecule has 0 saturated carbocycles. The summed E-state index contributed by atoms with van der Waals surface area (Å²) in [5, 5.41) is 17.9. The number of hydrogen-bond donors (Lipinski definition) is 4. The Kier molecular flexibility index (Phi) is 9.39. The van der Waals surface area contributed by atoms with Crippen molar-refractivity contribution in [3.05, 3.63) is 46.7 Å². The number of H-pyrrole nitrogens is 1. The summed E-state index contributed by atoms with van der Waals surface area (Å²) in [7, 11) is 3.68. The average molecular weight is 454 g/mol. The average Bonchev–Trinajstić information content (AvgIpc) is 3.36. The van der Waals surface area contributed by atoms with Crippen molar-refractivity contribution in [1.82, 2.24) is 20.8 Å². The zero-order valence-electron chi connectivity index (χ0n) is 20.7. The van der Waals surface area contributed by atoms with Crippen molar-refractivity contribution < 1.29 is 9.47 Å². The number of rotatable bonds is 14. The number of allylic oxidation sites excluding steroid dienone is 3. The summed E-state index contributed by atoms with van der Waals surface area (Å²) in [6.07, 6.45) is 8.27. The first-order chi connectivity index (χ1) is 16.1. The lowest BCUT2D eigenvalue weighted by Crippen LogP contribution is -2.20. The highest BCUT2D eigenvalue weighted by molar-refractivity contribution is 5.81. The smallest absolute Gasteiger partial charge is 0.161 e. The molecule has 0 bridgehead atoms. The Morgan fingerprint density at radius 3 is 2.64 bits per heavy atom. The van der Waals surface area contributed by atoms with Gasteiger partial charge in [0.2, 0.25) is 0 Å². The van der Waals surface area contributed by atoms with Gasteiger partial charge in [-0.3, -0.25) is 5.10 Å². The molecule has 0 unspecified atom stereocenters. The summed E-state index contributed by atoms with van der Waals surface area (Å²) in [6, 6.07) is 4.18. The van der Waals surface area contributed by atoms with E-state index in [2.05, 4.69) is 58.2 Å². The number of ether oxygens (including phenoxy) is 2. The van der Waals surface area contributed by atoms with E-state index in [9.17, 15) is 0 Å². The van der Waals surface area contributed by atoms with Crippen LogP contribution in [-0.2, 0) is 6.42 Å². The number of aromatic nitrogens is 2. The number of nitrogens with one attached hydrogen (secondary N) is 4. The van der Waals surface area contributed by atoms with Crippen molar-refractivity contribution in [2.24, 2.45) is 0 Å². The maximum Gasteiger partial charge on any atom is 0.161 e. The lowest BCUT2D eigenvalue weighted by Gasteiger charge is -2.13. The van der Waals surface area contributed by atoms with Gasteiger partial charge in [-0.2, -0.15) is 5.10 Å². The number of anilines is 1. The molecule has 1 heterocycles. The molecule has 2 aromatic rings. The summed E-state index contributed by atoms with van der Waals surface area (Å²) in [6.45, 7) is 9.95. The molecular formula is C26H39N5O2. The number of unbranched alkanes of at least 4 members (excludes halogenated alkanes) is 1. The largest absolute Gasteiger partial charge is 0.493 e. The van der Waals surface area contributed by atoms with E-state index in [4.69, 9.17) is 9.47 Å². The Labute approximate surface area is 198 Å². The first-order valence-electron chi connectivity index (χ1n) is 11.9. The molecule has 0 aliphatic heterocycles. The van der Waals surface area contributed by atoms with Gasteiger partial charge in [0.25, 0.3) is 0 Å². The van der Waals surface area contributed by atoms with Crippen molar-refractivity contribution in [3.63, 3.8) is 0 Å². The summed E-state index contributed by atoms with van der Waals surface area (Å²) in [4.78, 5) is 0. The summed E-state index contributed by atoms with van der Waals surface area (Å²) >= 11 is 0. The van der Waals surface area contributed by atoms with Crippen LogP contribution in [0.25, 0.3) is 11.3 Å². The molecule has 1 aromatic carbocycles. The SMILES string of the molecule is C/C=C\C(Nc1n[nH]c2c1Cc1cc(OCCCNCCCCNC)c(OC)cc1-2)=C(C)C. The highest BCUT2D eigenvalue weighted by Crippen LogP contribution is 2.44. The second-order valence-electron chi connectivity index (χ2n) is 8.56. The number of fused-ring (bicyclic) bond motifs is 3. The van der Waals surface area contributed by atoms with Crippen molar-refractivity contribution in [2.45, 2.75) is 46.5 Å². The van der Waals surface area contributed by atoms with Crippen LogP contribution in [-0.4, -0.2) is 50.6 Å². The van der Waals surface area contributed by atoms with Crippen LogP contribution in [0.2, 0.25) is 0 Å². The van der Waals surface area contributed by atoms with Gasteiger partial charge >= 0.3 is 0 Å². The molecule has 1 aliphatic rings. The van der Waals surface area contributed by atoms with Gasteiger partial charge in [-0.1, -0.05) is 11.6 Å². The van der Waals surface area contributed by atoms with Crippen molar-refractivity contribution in [1.29, 1.82) is 0 Å². The van der Waals surface area contributed by atoms with Gasteiger partial charge in [-0.05, 0) is 90.5 Å². The molecule has 4 N–H and O–H groups in total. The lowest BCUT2D eigenvalue weighted by atomic mass is 10.1. The van der Waals surface area contributed by atoms with Crippen LogP contribution in [0.15, 0.2) is 35.6 Å². The molecule has 0 spiro atoms. The Morgan fingerprint density at radius 2 is 1.91 bits per heavy atom. The van der Waals surface area contributed by atoms with Gasteiger partial charge in [0.15, 0.2) is 17.3 Å². The van der Waals surface area contributed by atoms with Crippen LogP contribution in [0.3, 0.4) is 0 Å². The van der Waals surface area contributed by atoms with Crippen LogP contribution in [0.5, 0.6) is 11.5 Å². The van der Waals surface area contributed by atoms with Crippen molar-refractivity contribution >= 4 is 5.82 Å². The third kappa shape index (κ3) is 6.39. The Hall–Kier alpha value is -2.77. The quantitative estimate of drug-likeness (QED) is 0.210. The molecule has 0 fully saturated rings. The summed E-state index contributed by atoms with van der Waals surface area (Å²) in [5.74, 6) is 2.43. The topological polar surface area (TPSA) is 83.2 Å². The third-order valence-electron chi connectivity index (χ3n) is 5.80. The van der Waals surface area contributed by atoms with E-state index in [0.717, 1.165) is 66.7 Å². The minimum atomic E-state index is 0.658. The molecule has 0 atom stereocenters. The first-order valence-corrected chi connectivity index (χ1v) is 11.9. The number of nitrogens with zero attached hydrogens (tertiary/aromatic N) is 1. The molecule has 7 nitrogen and oxygen atoms in total. The molecule has 0 saturated heterocycles. The van der Waals surface area contributed by atoms with E-state index in [1.807, 2.05) is 20.0 Å². The number of aromatic amines is 1. The van der Waals surface area contributed by atoms with Crippen LogP contribution in [0, 0.1) is 0 Å². The Balaban J connectivity index is 1.61. The molecule has 180 valence electrons. The standard InChI is InChI=1S/C26H39N5O2/c1-6-10-22(18(2)3)29-26-21-15-19-16-24(23(32-5)17-20(19)25(21)30-31-26)33-14-9-13-28-12-8-7-11-27-4/h6,10,16-17,27-28H,7-9,11-15H2,1-5H3,(H2,29,30,31)/b10-6-. The van der Waals surface area contributed by atoms with E-state index in [-0.39, 0.29) is 0 Å². The van der Waals surface area contributed by atoms with E-state index in [0.29, 0.717) is 6.61 Å². The molecule has 0 radical (unpaired) electrons. The fourth-order valence-corrected chi connectivity index (χ4v) is 3.99. The predicted octanol–water partition coefficient (Wildman–Crippen LogP) is 4.63. The summed E-state index contributed by atoms with van der Waals surface area (Å²) < 4.78 is 11.7. The molecule has 33 heavy (non-hydrogen) atoms. The molecular weight excluding hydrogens is 414 g/mol. The molecule has 0 amide bonds. The van der Waals surface area contributed by atoms with Gasteiger partial charge in [0.1, 0.15) is 0 Å². The van der Waals surface area contributed by atoms with E-state index >= 15 is 0 Å². The maximum absolute atomic E-state index is 6.10. The zero-order valence-corrected chi connectivity index (χ0v) is 20.7. The Morgan fingerprint density at radius 1 is 1.12 bits per heavy atom.